The molecular formula is C63H62N6Si. The van der Waals surface area contributed by atoms with Gasteiger partial charge in [-0.05, 0) is 127 Å². The zero-order chi connectivity index (χ0) is 46.8. The fourth-order valence-electron chi connectivity index (χ4n) is 14.0. The molecule has 2 aliphatic heterocycles. The quantitative estimate of drug-likeness (QED) is 0.0955. The number of piperidine rings is 2. The van der Waals surface area contributed by atoms with Crippen LogP contribution >= 0.6 is 0 Å². The van der Waals surface area contributed by atoms with Crippen LogP contribution in [0, 0.1) is 11.8 Å². The van der Waals surface area contributed by atoms with Gasteiger partial charge in [-0.2, -0.15) is 9.97 Å². The summed E-state index contributed by atoms with van der Waals surface area (Å²) in [4.78, 5) is 22.3. The van der Waals surface area contributed by atoms with Crippen LogP contribution < -0.4 is 30.5 Å². The fraction of sp³-hybridized carbons (Fsp3) is 0.286. The molecule has 348 valence electrons. The Balaban J connectivity index is 1.04. The standard InChI is InChI=1S/C63H62N6Si/c1-3-47-36-43-30-32-50(38-43)67(47)49-20-16-18-45(40-49)61-64-62(46-19-17-27-56(41-46)70(53-21-8-5-9-22-53,54-23-10-6-11-24-54)55-25-12-7-13-26-55)66-63(65-61)69-59-29-15-14-28-57(59)58-35-34-52(42-60(58)69)68-48(4-2)37-44-31-33-51(68)39-44/h5-29,34-35,40-44,47-48,50-51H,3-4,30-33,36-39H2,1-2H3. The van der Waals surface area contributed by atoms with Crippen molar-refractivity contribution in [2.45, 2.75) is 102 Å². The van der Waals surface area contributed by atoms with E-state index in [0.29, 0.717) is 41.8 Å². The summed E-state index contributed by atoms with van der Waals surface area (Å²) in [6.45, 7) is 4.74. The van der Waals surface area contributed by atoms with Crippen LogP contribution in [-0.4, -0.2) is 51.8 Å². The van der Waals surface area contributed by atoms with Gasteiger partial charge < -0.3 is 9.80 Å². The monoisotopic (exact) mass is 930 g/mol. The Bertz CT molecular complexity index is 3240. The summed E-state index contributed by atoms with van der Waals surface area (Å²) in [6, 6.07) is 70.2. The smallest absolute Gasteiger partial charge is 0.238 e. The Morgan fingerprint density at radius 3 is 1.51 bits per heavy atom. The maximum atomic E-state index is 5.62. The van der Waals surface area contributed by atoms with E-state index in [0.717, 1.165) is 46.8 Å². The first-order valence-corrected chi connectivity index (χ1v) is 28.3. The number of benzene rings is 7. The van der Waals surface area contributed by atoms with Crippen LogP contribution in [-0.2, 0) is 0 Å². The van der Waals surface area contributed by atoms with Gasteiger partial charge in [-0.3, -0.25) is 4.57 Å². The van der Waals surface area contributed by atoms with Crippen molar-refractivity contribution in [2.75, 3.05) is 9.80 Å². The van der Waals surface area contributed by atoms with Crippen molar-refractivity contribution in [1.29, 1.82) is 0 Å². The lowest BCUT2D eigenvalue weighted by molar-refractivity contribution is 0.351. The summed E-state index contributed by atoms with van der Waals surface area (Å²) in [5.41, 5.74) is 6.84. The van der Waals surface area contributed by atoms with E-state index < -0.39 is 8.07 Å². The number of nitrogens with zero attached hydrogens (tertiary/aromatic N) is 6. The van der Waals surface area contributed by atoms with Gasteiger partial charge in [-0.1, -0.05) is 166 Å². The molecule has 7 aromatic carbocycles. The first kappa shape index (κ1) is 43.2. The molecule has 2 aromatic heterocycles. The van der Waals surface area contributed by atoms with Crippen LogP contribution in [0.2, 0.25) is 0 Å². The van der Waals surface area contributed by atoms with Crippen LogP contribution in [0.5, 0.6) is 0 Å². The molecule has 0 N–H and O–H groups in total. The molecule has 4 aliphatic rings. The maximum absolute atomic E-state index is 5.62. The average Bonchev–Trinajstić information content (AvgIpc) is 4.11. The number of para-hydroxylation sites is 1. The normalized spacial score (nSPS) is 22.0. The molecule has 6 atom stereocenters. The molecule has 4 fully saturated rings. The second kappa shape index (κ2) is 17.8. The Hall–Kier alpha value is -6.83. The van der Waals surface area contributed by atoms with E-state index >= 15 is 0 Å². The van der Waals surface area contributed by atoms with E-state index in [9.17, 15) is 0 Å². The molecule has 2 saturated heterocycles. The number of hydrogen-bond acceptors (Lipinski definition) is 5. The van der Waals surface area contributed by atoms with Gasteiger partial charge in [0.1, 0.15) is 0 Å². The zero-order valence-electron chi connectivity index (χ0n) is 40.5. The predicted molar refractivity (Wildman–Crippen MR) is 293 cm³/mol. The third-order valence-corrected chi connectivity index (χ3v) is 21.9. The molecule has 6 unspecified atom stereocenters. The number of rotatable bonds is 11. The highest BCUT2D eigenvalue weighted by atomic mass is 28.3. The molecular weight excluding hydrogens is 869 g/mol. The van der Waals surface area contributed by atoms with E-state index in [4.69, 9.17) is 15.0 Å². The van der Waals surface area contributed by atoms with Gasteiger partial charge in [-0.15, -0.1) is 0 Å². The fourth-order valence-corrected chi connectivity index (χ4v) is 18.8. The molecule has 4 bridgehead atoms. The SMILES string of the molecule is CCC1CC2CCC(C2)N1c1cccc(-c2nc(-c3cccc([Si](c4ccccc4)(c4ccccc4)c4ccccc4)c3)nc(-n3c4ccccc4c4ccc(N5C(CC)CC6CCC5C6)cc43)n2)c1. The Labute approximate surface area is 414 Å². The molecule has 0 amide bonds. The first-order chi connectivity index (χ1) is 34.6. The molecule has 0 spiro atoms. The van der Waals surface area contributed by atoms with Crippen LogP contribution in [0.3, 0.4) is 0 Å². The molecule has 70 heavy (non-hydrogen) atoms. The molecule has 4 heterocycles. The highest BCUT2D eigenvalue weighted by molar-refractivity contribution is 7.19. The van der Waals surface area contributed by atoms with Gasteiger partial charge in [0.25, 0.3) is 0 Å². The molecule has 2 saturated carbocycles. The van der Waals surface area contributed by atoms with Crippen LogP contribution in [0.1, 0.15) is 78.1 Å². The van der Waals surface area contributed by atoms with Crippen molar-refractivity contribution in [2.24, 2.45) is 11.8 Å². The summed E-state index contributed by atoms with van der Waals surface area (Å²) in [5.74, 6) is 3.73. The molecule has 13 rings (SSSR count). The largest absolute Gasteiger partial charge is 0.366 e. The third kappa shape index (κ3) is 7.22. The highest BCUT2D eigenvalue weighted by Crippen LogP contribution is 2.46. The topological polar surface area (TPSA) is 50.1 Å². The van der Waals surface area contributed by atoms with Gasteiger partial charge in [0.15, 0.2) is 19.7 Å². The summed E-state index contributed by atoms with van der Waals surface area (Å²) in [6.07, 6.45) is 12.7. The minimum absolute atomic E-state index is 0.547. The molecule has 6 nitrogen and oxygen atoms in total. The van der Waals surface area contributed by atoms with Crippen LogP contribution in [0.25, 0.3) is 50.5 Å². The number of aromatic nitrogens is 4. The van der Waals surface area contributed by atoms with E-state index in [1.807, 2.05) is 0 Å². The van der Waals surface area contributed by atoms with E-state index in [1.165, 1.54) is 94.3 Å². The summed E-state index contributed by atoms with van der Waals surface area (Å²) >= 11 is 0. The van der Waals surface area contributed by atoms with Crippen molar-refractivity contribution in [3.8, 4) is 28.7 Å². The van der Waals surface area contributed by atoms with Crippen molar-refractivity contribution in [3.63, 3.8) is 0 Å². The highest BCUT2D eigenvalue weighted by Gasteiger charge is 2.43. The van der Waals surface area contributed by atoms with E-state index in [2.05, 4.69) is 210 Å². The van der Waals surface area contributed by atoms with E-state index in [-0.39, 0.29) is 0 Å². The Morgan fingerprint density at radius 2 is 0.929 bits per heavy atom. The second-order valence-electron chi connectivity index (χ2n) is 20.9. The van der Waals surface area contributed by atoms with Gasteiger partial charge >= 0.3 is 0 Å². The summed E-state index contributed by atoms with van der Waals surface area (Å²) < 4.78 is 2.34. The Kier molecular flexibility index (Phi) is 11.0. The van der Waals surface area contributed by atoms with Crippen molar-refractivity contribution in [1.82, 2.24) is 19.5 Å². The number of fused-ring (bicyclic) bond motifs is 7. The predicted octanol–water partition coefficient (Wildman–Crippen LogP) is 12.0. The lowest BCUT2D eigenvalue weighted by Gasteiger charge is -2.42. The van der Waals surface area contributed by atoms with Gasteiger partial charge in [-0.25, -0.2) is 4.98 Å². The maximum Gasteiger partial charge on any atom is 0.238 e. The van der Waals surface area contributed by atoms with Gasteiger partial charge in [0, 0.05) is 57.4 Å². The van der Waals surface area contributed by atoms with E-state index in [1.54, 1.807) is 0 Å². The minimum atomic E-state index is -2.85. The Morgan fingerprint density at radius 1 is 0.429 bits per heavy atom. The number of hydrogen-bond donors (Lipinski definition) is 0. The lowest BCUT2D eigenvalue weighted by atomic mass is 9.90. The van der Waals surface area contributed by atoms with Crippen molar-refractivity contribution >= 4 is 62.0 Å². The van der Waals surface area contributed by atoms with Crippen LogP contribution in [0.15, 0.2) is 182 Å². The minimum Gasteiger partial charge on any atom is -0.366 e. The second-order valence-corrected chi connectivity index (χ2v) is 24.7. The van der Waals surface area contributed by atoms with Gasteiger partial charge in [0.2, 0.25) is 5.95 Å². The summed E-state index contributed by atoms with van der Waals surface area (Å²) in [5, 5.41) is 7.72. The van der Waals surface area contributed by atoms with Crippen molar-refractivity contribution in [3.05, 3.63) is 182 Å². The lowest BCUT2D eigenvalue weighted by Crippen LogP contribution is -2.74. The molecule has 0 radical (unpaired) electrons. The van der Waals surface area contributed by atoms with Crippen LogP contribution in [0.4, 0.5) is 11.4 Å². The first-order valence-electron chi connectivity index (χ1n) is 26.3. The molecule has 2 aliphatic carbocycles. The molecule has 7 heteroatoms. The summed E-state index contributed by atoms with van der Waals surface area (Å²) in [7, 11) is -2.85. The number of anilines is 2. The molecule has 9 aromatic rings. The van der Waals surface area contributed by atoms with Gasteiger partial charge in [0.05, 0.1) is 11.0 Å². The van der Waals surface area contributed by atoms with Crippen molar-refractivity contribution < 1.29 is 0 Å². The zero-order valence-corrected chi connectivity index (χ0v) is 41.5. The average molecular weight is 931 g/mol. The third-order valence-electron chi connectivity index (χ3n) is 17.1.